The lowest BCUT2D eigenvalue weighted by atomic mass is 10.1. The van der Waals surface area contributed by atoms with Gasteiger partial charge in [-0.2, -0.15) is 5.10 Å². The molecule has 1 saturated heterocycles. The van der Waals surface area contributed by atoms with Crippen LogP contribution >= 0.6 is 0 Å². The number of ether oxygens (including phenoxy) is 2. The first-order chi connectivity index (χ1) is 19.9. The van der Waals surface area contributed by atoms with E-state index in [1.54, 1.807) is 13.2 Å². The second kappa shape index (κ2) is 12.9. The summed E-state index contributed by atoms with van der Waals surface area (Å²) in [7, 11) is 1.70. The molecule has 3 heterocycles. The van der Waals surface area contributed by atoms with Crippen molar-refractivity contribution in [1.29, 1.82) is 0 Å². The average molecular weight is 556 g/mol. The minimum atomic E-state index is -0.0209. The monoisotopic (exact) mass is 555 g/mol. The molecule has 1 atom stereocenters. The zero-order valence-electron chi connectivity index (χ0n) is 23.8. The number of rotatable bonds is 11. The molecule has 1 aliphatic rings. The standard InChI is InChI=1S/C31H37N7O3/c1-22(2)36(18-19-40-3)16-7-10-27(39)37-17-15-24(20-37)38-31-28(30(32)33-21-34-31)29(35-38)23-11-13-26(14-12-23)41-25-8-5-4-6-9-25/h4-14,21-22,24H,15-20H2,1-3H3,(H2,32,33,34)/t24-/m1/s1. The molecule has 1 aliphatic heterocycles. The second-order valence-corrected chi connectivity index (χ2v) is 10.4. The van der Waals surface area contributed by atoms with Gasteiger partial charge in [-0.25, -0.2) is 14.6 Å². The molecule has 0 radical (unpaired) electrons. The number of anilines is 1. The zero-order chi connectivity index (χ0) is 28.8. The molecule has 0 spiro atoms. The van der Waals surface area contributed by atoms with Crippen molar-refractivity contribution in [3.05, 3.63) is 73.1 Å². The van der Waals surface area contributed by atoms with Crippen LogP contribution in [0.25, 0.3) is 22.3 Å². The molecule has 0 aliphatic carbocycles. The van der Waals surface area contributed by atoms with Crippen LogP contribution in [0, 0.1) is 0 Å². The van der Waals surface area contributed by atoms with E-state index in [9.17, 15) is 4.79 Å². The molecule has 0 unspecified atom stereocenters. The summed E-state index contributed by atoms with van der Waals surface area (Å²) in [6, 6.07) is 17.7. The van der Waals surface area contributed by atoms with Crippen LogP contribution in [0.15, 0.2) is 73.1 Å². The molecule has 10 heteroatoms. The molecular weight excluding hydrogens is 518 g/mol. The Balaban J connectivity index is 1.31. The van der Waals surface area contributed by atoms with Gasteiger partial charge >= 0.3 is 0 Å². The summed E-state index contributed by atoms with van der Waals surface area (Å²) in [6.45, 7) is 7.65. The predicted octanol–water partition coefficient (Wildman–Crippen LogP) is 4.55. The number of hydrogen-bond donors (Lipinski definition) is 1. The van der Waals surface area contributed by atoms with Gasteiger partial charge in [0.25, 0.3) is 0 Å². The Morgan fingerprint density at radius 3 is 2.61 bits per heavy atom. The highest BCUT2D eigenvalue weighted by atomic mass is 16.5. The number of likely N-dealkylation sites (tertiary alicyclic amines) is 1. The number of nitrogens with zero attached hydrogens (tertiary/aromatic N) is 6. The molecule has 5 rings (SSSR count). The van der Waals surface area contributed by atoms with Gasteiger partial charge in [0.2, 0.25) is 5.91 Å². The second-order valence-electron chi connectivity index (χ2n) is 10.4. The number of hydrogen-bond acceptors (Lipinski definition) is 8. The van der Waals surface area contributed by atoms with Crippen LogP contribution in [0.1, 0.15) is 26.3 Å². The highest BCUT2D eigenvalue weighted by Crippen LogP contribution is 2.35. The van der Waals surface area contributed by atoms with Crippen LogP contribution in [-0.2, 0) is 9.53 Å². The minimum Gasteiger partial charge on any atom is -0.457 e. The zero-order valence-corrected chi connectivity index (χ0v) is 23.8. The Hall–Kier alpha value is -4.28. The van der Waals surface area contributed by atoms with Gasteiger partial charge in [-0.3, -0.25) is 9.69 Å². The van der Waals surface area contributed by atoms with Gasteiger partial charge in [0.1, 0.15) is 29.3 Å². The van der Waals surface area contributed by atoms with Crippen molar-refractivity contribution in [2.75, 3.05) is 45.6 Å². The number of nitrogen functional groups attached to an aromatic ring is 1. The first-order valence-corrected chi connectivity index (χ1v) is 13.9. The van der Waals surface area contributed by atoms with Crippen molar-refractivity contribution < 1.29 is 14.3 Å². The third-order valence-electron chi connectivity index (χ3n) is 7.36. The van der Waals surface area contributed by atoms with Crippen molar-refractivity contribution >= 4 is 22.8 Å². The number of carbonyl (C=O) groups excluding carboxylic acids is 1. The number of fused-ring (bicyclic) bond motifs is 1. The maximum Gasteiger partial charge on any atom is 0.246 e. The number of nitrogens with two attached hydrogens (primary N) is 1. The van der Waals surface area contributed by atoms with Gasteiger partial charge in [-0.1, -0.05) is 24.3 Å². The van der Waals surface area contributed by atoms with Crippen LogP contribution in [0.2, 0.25) is 0 Å². The maximum atomic E-state index is 13.0. The van der Waals surface area contributed by atoms with Gasteiger partial charge in [-0.05, 0) is 56.7 Å². The minimum absolute atomic E-state index is 0.00257. The van der Waals surface area contributed by atoms with E-state index in [0.717, 1.165) is 30.0 Å². The van der Waals surface area contributed by atoms with E-state index in [4.69, 9.17) is 20.3 Å². The van der Waals surface area contributed by atoms with E-state index in [-0.39, 0.29) is 11.9 Å². The topological polar surface area (TPSA) is 112 Å². The smallest absolute Gasteiger partial charge is 0.246 e. The summed E-state index contributed by atoms with van der Waals surface area (Å²) in [5.74, 6) is 1.87. The number of aromatic nitrogens is 4. The number of carbonyl (C=O) groups is 1. The average Bonchev–Trinajstić information content (AvgIpc) is 3.62. The Bertz CT molecular complexity index is 1490. The summed E-state index contributed by atoms with van der Waals surface area (Å²) in [5.41, 5.74) is 8.58. The SMILES string of the molecule is COCCN(CC=CC(=O)N1CC[C@@H](n2nc(-c3ccc(Oc4ccccc4)cc3)c3c(N)ncnc32)C1)C(C)C. The Morgan fingerprint density at radius 1 is 1.12 bits per heavy atom. The Labute approximate surface area is 240 Å². The van der Waals surface area contributed by atoms with Gasteiger partial charge in [0.15, 0.2) is 5.65 Å². The summed E-state index contributed by atoms with van der Waals surface area (Å²) >= 11 is 0. The fourth-order valence-corrected chi connectivity index (χ4v) is 5.06. The van der Waals surface area contributed by atoms with Crippen molar-refractivity contribution in [3.63, 3.8) is 0 Å². The van der Waals surface area contributed by atoms with Crippen LogP contribution in [0.5, 0.6) is 11.5 Å². The maximum absolute atomic E-state index is 13.0. The first kappa shape index (κ1) is 28.3. The van der Waals surface area contributed by atoms with Gasteiger partial charge in [-0.15, -0.1) is 0 Å². The number of methoxy groups -OCH3 is 1. The third kappa shape index (κ3) is 6.55. The molecule has 41 heavy (non-hydrogen) atoms. The van der Waals surface area contributed by atoms with Crippen molar-refractivity contribution in [3.8, 4) is 22.8 Å². The summed E-state index contributed by atoms with van der Waals surface area (Å²) in [4.78, 5) is 25.9. The highest BCUT2D eigenvalue weighted by Gasteiger charge is 2.30. The van der Waals surface area contributed by atoms with Gasteiger partial charge < -0.3 is 20.1 Å². The largest absolute Gasteiger partial charge is 0.457 e. The number of benzene rings is 2. The third-order valence-corrected chi connectivity index (χ3v) is 7.36. The van der Waals surface area contributed by atoms with Gasteiger partial charge in [0, 0.05) is 51.0 Å². The van der Waals surface area contributed by atoms with Crippen molar-refractivity contribution in [1.82, 2.24) is 29.5 Å². The highest BCUT2D eigenvalue weighted by molar-refractivity contribution is 5.98. The fraction of sp³-hybridized carbons (Fsp3) is 0.355. The van der Waals surface area contributed by atoms with E-state index < -0.39 is 0 Å². The molecule has 1 amide bonds. The predicted molar refractivity (Wildman–Crippen MR) is 160 cm³/mol. The lowest BCUT2D eigenvalue weighted by Crippen LogP contribution is -2.34. The summed E-state index contributed by atoms with van der Waals surface area (Å²) in [5, 5.41) is 5.67. The molecule has 10 nitrogen and oxygen atoms in total. The number of para-hydroxylation sites is 1. The quantitative estimate of drug-likeness (QED) is 0.268. The lowest BCUT2D eigenvalue weighted by molar-refractivity contribution is -0.125. The van der Waals surface area contributed by atoms with E-state index in [0.29, 0.717) is 54.8 Å². The summed E-state index contributed by atoms with van der Waals surface area (Å²) in [6.07, 6.45) is 5.85. The van der Waals surface area contributed by atoms with Crippen LogP contribution in [-0.4, -0.2) is 81.4 Å². The Kier molecular flexibility index (Phi) is 8.91. The number of amides is 1. The molecule has 4 aromatic rings. The van der Waals surface area contributed by atoms with E-state index in [2.05, 4.69) is 28.7 Å². The first-order valence-electron chi connectivity index (χ1n) is 13.9. The van der Waals surface area contributed by atoms with Crippen LogP contribution in [0.4, 0.5) is 5.82 Å². The van der Waals surface area contributed by atoms with E-state index in [1.165, 1.54) is 6.33 Å². The molecule has 2 N–H and O–H groups in total. The van der Waals surface area contributed by atoms with Crippen LogP contribution in [0.3, 0.4) is 0 Å². The molecule has 0 saturated carbocycles. The molecule has 2 aromatic carbocycles. The lowest BCUT2D eigenvalue weighted by Gasteiger charge is -2.24. The van der Waals surface area contributed by atoms with Gasteiger partial charge in [0.05, 0.1) is 18.0 Å². The van der Waals surface area contributed by atoms with E-state index >= 15 is 0 Å². The molecule has 0 bridgehead atoms. The Morgan fingerprint density at radius 2 is 1.88 bits per heavy atom. The molecular formula is C31H37N7O3. The molecule has 214 valence electrons. The fourth-order valence-electron chi connectivity index (χ4n) is 5.06. The normalized spacial score (nSPS) is 15.5. The van der Waals surface area contributed by atoms with Crippen molar-refractivity contribution in [2.45, 2.75) is 32.4 Å². The van der Waals surface area contributed by atoms with E-state index in [1.807, 2.05) is 70.3 Å². The molecule has 1 fully saturated rings. The molecule has 2 aromatic heterocycles. The van der Waals surface area contributed by atoms with Crippen LogP contribution < -0.4 is 10.5 Å². The van der Waals surface area contributed by atoms with Crippen molar-refractivity contribution in [2.24, 2.45) is 0 Å². The summed E-state index contributed by atoms with van der Waals surface area (Å²) < 4.78 is 13.1.